The number of carboxylic acids is 1. The molecule has 2 aromatic heterocycles. The van der Waals surface area contributed by atoms with Gasteiger partial charge in [0, 0.05) is 17.3 Å². The third-order valence-corrected chi connectivity index (χ3v) is 5.79. The summed E-state index contributed by atoms with van der Waals surface area (Å²) in [5.74, 6) is -0.173. The smallest absolute Gasteiger partial charge is 0.339 e. The third-order valence-electron chi connectivity index (χ3n) is 4.52. The van der Waals surface area contributed by atoms with E-state index >= 15 is 0 Å². The standard InChI is InChI=1S/C17H21NO2S/c1-17(2,3)11-6-7-12-13(10-11)21-15(14(12)16(19)20)18-8-4-5-9-18/h4-5,8-9,11H,6-7,10H2,1-3H3,(H,19,20). The highest BCUT2D eigenvalue weighted by Gasteiger charge is 2.33. The van der Waals surface area contributed by atoms with Gasteiger partial charge in [-0.3, -0.25) is 0 Å². The van der Waals surface area contributed by atoms with Gasteiger partial charge in [0.15, 0.2) is 0 Å². The Labute approximate surface area is 129 Å². The van der Waals surface area contributed by atoms with Crippen molar-refractivity contribution in [1.82, 2.24) is 4.57 Å². The van der Waals surface area contributed by atoms with E-state index in [1.807, 2.05) is 29.1 Å². The monoisotopic (exact) mass is 303 g/mol. The summed E-state index contributed by atoms with van der Waals surface area (Å²) in [6.45, 7) is 6.84. The number of aromatic nitrogens is 1. The number of nitrogens with zero attached hydrogens (tertiary/aromatic N) is 1. The largest absolute Gasteiger partial charge is 0.478 e. The first-order valence-corrected chi connectivity index (χ1v) is 8.20. The number of hydrogen-bond donors (Lipinski definition) is 1. The summed E-state index contributed by atoms with van der Waals surface area (Å²) in [7, 11) is 0. The molecular formula is C17H21NO2S. The third kappa shape index (κ3) is 2.53. The number of aromatic carboxylic acids is 1. The molecule has 0 amide bonds. The summed E-state index contributed by atoms with van der Waals surface area (Å²) < 4.78 is 1.93. The average molecular weight is 303 g/mol. The minimum atomic E-state index is -0.801. The molecule has 112 valence electrons. The van der Waals surface area contributed by atoms with Crippen molar-refractivity contribution < 1.29 is 9.90 Å². The fraction of sp³-hybridized carbons (Fsp3) is 0.471. The molecule has 4 heteroatoms. The fourth-order valence-electron chi connectivity index (χ4n) is 3.18. The zero-order valence-corrected chi connectivity index (χ0v) is 13.5. The lowest BCUT2D eigenvalue weighted by Gasteiger charge is -2.33. The van der Waals surface area contributed by atoms with Crippen LogP contribution in [0.4, 0.5) is 0 Å². The molecule has 0 radical (unpaired) electrons. The predicted octanol–water partition coefficient (Wildman–Crippen LogP) is 4.39. The molecule has 3 nitrogen and oxygen atoms in total. The Bertz CT molecular complexity index is 662. The second-order valence-electron chi connectivity index (χ2n) is 6.89. The molecule has 0 aliphatic heterocycles. The zero-order chi connectivity index (χ0) is 15.2. The second-order valence-corrected chi connectivity index (χ2v) is 7.97. The summed E-state index contributed by atoms with van der Waals surface area (Å²) in [6.07, 6.45) is 6.82. The lowest BCUT2D eigenvalue weighted by molar-refractivity contribution is 0.0695. The van der Waals surface area contributed by atoms with Gasteiger partial charge in [0.2, 0.25) is 0 Å². The second kappa shape index (κ2) is 5.02. The van der Waals surface area contributed by atoms with Gasteiger partial charge < -0.3 is 9.67 Å². The number of carbonyl (C=O) groups is 1. The van der Waals surface area contributed by atoms with Crippen molar-refractivity contribution in [3.8, 4) is 5.00 Å². The zero-order valence-electron chi connectivity index (χ0n) is 12.7. The first-order chi connectivity index (χ1) is 9.88. The molecule has 1 unspecified atom stereocenters. The predicted molar refractivity (Wildman–Crippen MR) is 85.6 cm³/mol. The molecule has 1 aliphatic carbocycles. The highest BCUT2D eigenvalue weighted by molar-refractivity contribution is 7.15. The maximum atomic E-state index is 11.7. The van der Waals surface area contributed by atoms with E-state index in [4.69, 9.17) is 0 Å². The van der Waals surface area contributed by atoms with Crippen molar-refractivity contribution in [1.29, 1.82) is 0 Å². The van der Waals surface area contributed by atoms with Crippen LogP contribution in [0.1, 0.15) is 48.0 Å². The first kappa shape index (κ1) is 14.4. The maximum absolute atomic E-state index is 11.7. The Balaban J connectivity index is 2.07. The number of fused-ring (bicyclic) bond motifs is 1. The molecule has 0 fully saturated rings. The van der Waals surface area contributed by atoms with Crippen LogP contribution in [0.2, 0.25) is 0 Å². The number of thiophene rings is 1. The van der Waals surface area contributed by atoms with Gasteiger partial charge in [0.1, 0.15) is 5.00 Å². The lowest BCUT2D eigenvalue weighted by Crippen LogP contribution is -2.26. The summed E-state index contributed by atoms with van der Waals surface area (Å²) in [5, 5.41) is 10.5. The van der Waals surface area contributed by atoms with E-state index in [0.29, 0.717) is 11.5 Å². The van der Waals surface area contributed by atoms with Gasteiger partial charge in [-0.15, -0.1) is 11.3 Å². The van der Waals surface area contributed by atoms with Gasteiger partial charge in [0.25, 0.3) is 0 Å². The molecule has 2 heterocycles. The minimum Gasteiger partial charge on any atom is -0.478 e. The molecule has 0 aromatic carbocycles. The van der Waals surface area contributed by atoms with Gasteiger partial charge in [-0.05, 0) is 48.3 Å². The van der Waals surface area contributed by atoms with E-state index in [1.165, 1.54) is 4.88 Å². The van der Waals surface area contributed by atoms with Gasteiger partial charge in [-0.25, -0.2) is 4.79 Å². The van der Waals surface area contributed by atoms with Gasteiger partial charge in [-0.1, -0.05) is 20.8 Å². The van der Waals surface area contributed by atoms with Crippen molar-refractivity contribution in [2.24, 2.45) is 11.3 Å². The molecule has 0 spiro atoms. The summed E-state index contributed by atoms with van der Waals surface area (Å²) in [5.41, 5.74) is 1.86. The minimum absolute atomic E-state index is 0.276. The van der Waals surface area contributed by atoms with E-state index < -0.39 is 5.97 Å². The van der Waals surface area contributed by atoms with Crippen molar-refractivity contribution >= 4 is 17.3 Å². The summed E-state index contributed by atoms with van der Waals surface area (Å²) in [6, 6.07) is 3.87. The van der Waals surface area contributed by atoms with E-state index in [-0.39, 0.29) is 5.41 Å². The molecule has 3 rings (SSSR count). The number of rotatable bonds is 2. The Kier molecular flexibility index (Phi) is 3.44. The van der Waals surface area contributed by atoms with Crippen LogP contribution >= 0.6 is 11.3 Å². The Hall–Kier alpha value is -1.55. The van der Waals surface area contributed by atoms with Crippen molar-refractivity contribution in [2.75, 3.05) is 0 Å². The number of carboxylic acid groups (broad SMARTS) is 1. The van der Waals surface area contributed by atoms with Crippen LogP contribution < -0.4 is 0 Å². The van der Waals surface area contributed by atoms with Gasteiger partial charge in [0.05, 0.1) is 5.56 Å². The molecule has 21 heavy (non-hydrogen) atoms. The van der Waals surface area contributed by atoms with Crippen molar-refractivity contribution in [3.63, 3.8) is 0 Å². The topological polar surface area (TPSA) is 42.2 Å². The fourth-order valence-corrected chi connectivity index (χ4v) is 4.57. The quantitative estimate of drug-likeness (QED) is 0.894. The van der Waals surface area contributed by atoms with Crippen molar-refractivity contribution in [2.45, 2.75) is 40.0 Å². The summed E-state index contributed by atoms with van der Waals surface area (Å²) >= 11 is 1.65. The maximum Gasteiger partial charge on any atom is 0.339 e. The van der Waals surface area contributed by atoms with Crippen LogP contribution in [0.5, 0.6) is 0 Å². The van der Waals surface area contributed by atoms with Crippen LogP contribution in [-0.2, 0) is 12.8 Å². The molecule has 1 atom stereocenters. The normalized spacial score (nSPS) is 18.5. The first-order valence-electron chi connectivity index (χ1n) is 7.39. The Morgan fingerprint density at radius 3 is 2.57 bits per heavy atom. The Morgan fingerprint density at radius 1 is 1.33 bits per heavy atom. The highest BCUT2D eigenvalue weighted by Crippen LogP contribution is 2.43. The molecular weight excluding hydrogens is 282 g/mol. The van der Waals surface area contributed by atoms with Crippen LogP contribution in [0.15, 0.2) is 24.5 Å². The van der Waals surface area contributed by atoms with Crippen LogP contribution in [0.3, 0.4) is 0 Å². The molecule has 1 aliphatic rings. The summed E-state index contributed by atoms with van der Waals surface area (Å²) in [4.78, 5) is 13.0. The van der Waals surface area contributed by atoms with Gasteiger partial charge >= 0.3 is 5.97 Å². The lowest BCUT2D eigenvalue weighted by atomic mass is 9.72. The van der Waals surface area contributed by atoms with E-state index in [0.717, 1.165) is 29.8 Å². The van der Waals surface area contributed by atoms with Crippen LogP contribution in [-0.4, -0.2) is 15.6 Å². The van der Waals surface area contributed by atoms with Crippen LogP contribution in [0, 0.1) is 11.3 Å². The van der Waals surface area contributed by atoms with Crippen molar-refractivity contribution in [3.05, 3.63) is 40.5 Å². The molecule has 0 saturated heterocycles. The highest BCUT2D eigenvalue weighted by atomic mass is 32.1. The number of hydrogen-bond acceptors (Lipinski definition) is 2. The Morgan fingerprint density at radius 2 is 2.00 bits per heavy atom. The molecule has 0 bridgehead atoms. The molecule has 1 N–H and O–H groups in total. The van der Waals surface area contributed by atoms with E-state index in [9.17, 15) is 9.90 Å². The van der Waals surface area contributed by atoms with Gasteiger partial charge in [-0.2, -0.15) is 0 Å². The average Bonchev–Trinajstić information content (AvgIpc) is 3.03. The SMILES string of the molecule is CC(C)(C)C1CCc2c(sc(-n3cccc3)c2C(=O)O)C1. The molecule has 0 saturated carbocycles. The van der Waals surface area contributed by atoms with E-state index in [2.05, 4.69) is 20.8 Å². The van der Waals surface area contributed by atoms with Crippen LogP contribution in [0.25, 0.3) is 5.00 Å². The molecule has 2 aromatic rings. The van der Waals surface area contributed by atoms with E-state index in [1.54, 1.807) is 11.3 Å².